The molecule has 0 saturated carbocycles. The summed E-state index contributed by atoms with van der Waals surface area (Å²) in [6.45, 7) is 7.42. The van der Waals surface area contributed by atoms with Crippen LogP contribution in [0.15, 0.2) is 0 Å². The van der Waals surface area contributed by atoms with Crippen LogP contribution in [0.5, 0.6) is 0 Å². The van der Waals surface area contributed by atoms with Crippen LogP contribution in [0.3, 0.4) is 0 Å². The van der Waals surface area contributed by atoms with Gasteiger partial charge in [-0.3, -0.25) is 0 Å². The van der Waals surface area contributed by atoms with Crippen molar-refractivity contribution < 1.29 is 90.6 Å². The Balaban J connectivity index is -0.0000000305. The van der Waals surface area contributed by atoms with Crippen molar-refractivity contribution in [2.75, 3.05) is 52.4 Å². The number of nitrogens with one attached hydrogen (secondary N) is 2. The zero-order valence-corrected chi connectivity index (χ0v) is 25.5. The van der Waals surface area contributed by atoms with E-state index in [0.29, 0.717) is 0 Å². The first kappa shape index (κ1) is 72.8. The smallest absolute Gasteiger partial charge is 0.412 e. The van der Waals surface area contributed by atoms with E-state index in [2.05, 4.69) is 10.6 Å². The van der Waals surface area contributed by atoms with Gasteiger partial charge in [0, 0.05) is 0 Å². The monoisotopic (exact) mass is 692 g/mol. The number of unbranched alkanes of at least 4 members (excludes halogenated alkanes) is 2. The Labute approximate surface area is 239 Å². The number of rotatable bonds is 14. The van der Waals surface area contributed by atoms with E-state index in [1.165, 1.54) is 12.8 Å². The van der Waals surface area contributed by atoms with Crippen molar-refractivity contribution in [2.45, 2.75) is 38.5 Å². The molecular weight excluding hydrogens is 633 g/mol. The fraction of sp³-hybridized carbons (Fsp3) is 1.00. The van der Waals surface area contributed by atoms with Crippen LogP contribution in [0.1, 0.15) is 38.5 Å². The molecule has 24 nitrogen and oxygen atoms in total. The quantitative estimate of drug-likeness (QED) is 0.0593. The molecule has 0 atom stereocenters. The van der Waals surface area contributed by atoms with Gasteiger partial charge >= 0.3 is 23.5 Å². The molecule has 0 saturated heterocycles. The molecular formula is C14H59N6O18P3. The second kappa shape index (κ2) is 52.5. The maximum Gasteiger partial charge on any atom is 0.466 e. The topological polar surface area (TPSA) is 550 Å². The van der Waals surface area contributed by atoms with Crippen molar-refractivity contribution in [3.8, 4) is 0 Å². The van der Waals surface area contributed by atoms with Crippen LogP contribution in [0.25, 0.3) is 0 Å². The first-order valence-corrected chi connectivity index (χ1v) is 15.1. The van der Waals surface area contributed by atoms with Gasteiger partial charge in [0.2, 0.25) is 0 Å². The molecule has 268 valence electrons. The van der Waals surface area contributed by atoms with Crippen LogP contribution in [0, 0.1) is 0 Å². The predicted molar refractivity (Wildman–Crippen MR) is 154 cm³/mol. The first-order chi connectivity index (χ1) is 15.8. The van der Waals surface area contributed by atoms with Gasteiger partial charge < -0.3 is 110 Å². The standard InChI is InChI=1S/2C7H19N3.3H3O4P.6H2O/c2*8-4-1-2-6-10-7-3-5-9;3*1-5(2,3)4;;;;;;/h2*10H,1-9H2;3*(H3,1,2,3,4);6*1H2. The average Bonchev–Trinajstić information content (AvgIpc) is 2.64. The lowest BCUT2D eigenvalue weighted by atomic mass is 10.3. The molecule has 0 bridgehead atoms. The molecule has 0 radical (unpaired) electrons. The van der Waals surface area contributed by atoms with E-state index < -0.39 is 23.5 Å². The van der Waals surface area contributed by atoms with Gasteiger partial charge in [-0.1, -0.05) is 0 Å². The minimum atomic E-state index is -4.64. The summed E-state index contributed by atoms with van der Waals surface area (Å²) in [4.78, 5) is 64.7. The Morgan fingerprint density at radius 3 is 0.659 bits per heavy atom. The lowest BCUT2D eigenvalue weighted by molar-refractivity contribution is 0.272. The summed E-state index contributed by atoms with van der Waals surface area (Å²) in [5.74, 6) is 0. The summed E-state index contributed by atoms with van der Waals surface area (Å²) in [6, 6.07) is 0. The van der Waals surface area contributed by atoms with Crippen molar-refractivity contribution in [1.82, 2.24) is 10.6 Å². The van der Waals surface area contributed by atoms with E-state index in [1.807, 2.05) is 0 Å². The Kier molecular flexibility index (Phi) is 93.2. The van der Waals surface area contributed by atoms with E-state index in [-0.39, 0.29) is 32.9 Å². The Hall–Kier alpha value is -0.150. The van der Waals surface area contributed by atoms with E-state index in [1.54, 1.807) is 0 Å². The third-order valence-electron chi connectivity index (χ3n) is 2.73. The normalized spacial score (nSPS) is 9.29. The van der Waals surface area contributed by atoms with Crippen LogP contribution >= 0.6 is 23.5 Å². The Morgan fingerprint density at radius 1 is 0.366 bits per heavy atom. The van der Waals surface area contributed by atoms with Crippen LogP contribution < -0.4 is 33.6 Å². The average molecular weight is 693 g/mol. The van der Waals surface area contributed by atoms with Crippen LogP contribution in [0.4, 0.5) is 0 Å². The lowest BCUT2D eigenvalue weighted by Crippen LogP contribution is -2.19. The van der Waals surface area contributed by atoms with Gasteiger partial charge in [0.25, 0.3) is 0 Å². The highest BCUT2D eigenvalue weighted by molar-refractivity contribution is 7.45. The Bertz CT molecular complexity index is 439. The van der Waals surface area contributed by atoms with Crippen LogP contribution in [-0.2, 0) is 13.7 Å². The zero-order valence-electron chi connectivity index (χ0n) is 22.8. The molecule has 41 heavy (non-hydrogen) atoms. The van der Waals surface area contributed by atoms with Gasteiger partial charge in [0.15, 0.2) is 0 Å². The van der Waals surface area contributed by atoms with Gasteiger partial charge in [-0.05, 0) is 90.9 Å². The Morgan fingerprint density at radius 2 is 0.512 bits per heavy atom. The number of hydrogen-bond donors (Lipinski definition) is 15. The molecule has 0 aliphatic heterocycles. The minimum Gasteiger partial charge on any atom is -0.412 e. The third-order valence-corrected chi connectivity index (χ3v) is 2.73. The SMILES string of the molecule is NCCCCNCCCN.NCCCCNCCCN.O.O.O.O.O.O.O=P(O)(O)O.O=P(O)(O)O.O=P(O)(O)O. The fourth-order valence-electron chi connectivity index (χ4n) is 1.49. The van der Waals surface area contributed by atoms with E-state index in [4.69, 9.17) is 80.7 Å². The first-order valence-electron chi connectivity index (χ1n) is 10.4. The zero-order chi connectivity index (χ0) is 28.8. The highest BCUT2D eigenvalue weighted by atomic mass is 31.2. The van der Waals surface area contributed by atoms with Crippen molar-refractivity contribution in [1.29, 1.82) is 0 Å². The van der Waals surface area contributed by atoms with Crippen LogP contribution in [0.2, 0.25) is 0 Å². The van der Waals surface area contributed by atoms with Gasteiger partial charge in [-0.15, -0.1) is 0 Å². The summed E-state index contributed by atoms with van der Waals surface area (Å²) in [6.07, 6.45) is 6.75. The maximum atomic E-state index is 8.88. The predicted octanol–water partition coefficient (Wildman–Crippen LogP) is -8.41. The van der Waals surface area contributed by atoms with Crippen molar-refractivity contribution in [2.24, 2.45) is 22.9 Å². The second-order valence-corrected chi connectivity index (χ2v) is 9.40. The van der Waals surface area contributed by atoms with Crippen molar-refractivity contribution in [3.63, 3.8) is 0 Å². The van der Waals surface area contributed by atoms with Gasteiger partial charge in [-0.25, -0.2) is 13.7 Å². The molecule has 0 aliphatic carbocycles. The van der Waals surface area contributed by atoms with E-state index in [0.717, 1.165) is 78.0 Å². The van der Waals surface area contributed by atoms with Crippen molar-refractivity contribution >= 4 is 23.5 Å². The molecule has 31 N–H and O–H groups in total. The number of hydrogen-bond acceptors (Lipinski definition) is 9. The highest BCUT2D eigenvalue weighted by Crippen LogP contribution is 2.26. The molecule has 0 heterocycles. The molecule has 0 aromatic rings. The summed E-state index contributed by atoms with van der Waals surface area (Å²) in [7, 11) is -13.9. The van der Waals surface area contributed by atoms with Crippen LogP contribution in [-0.4, -0.2) is 129 Å². The molecule has 0 aliphatic rings. The molecule has 0 rings (SSSR count). The molecule has 0 aromatic heterocycles. The lowest BCUT2D eigenvalue weighted by Gasteiger charge is -2.01. The largest absolute Gasteiger partial charge is 0.466 e. The van der Waals surface area contributed by atoms with Gasteiger partial charge in [0.1, 0.15) is 0 Å². The van der Waals surface area contributed by atoms with Gasteiger partial charge in [0.05, 0.1) is 0 Å². The minimum absolute atomic E-state index is 0. The highest BCUT2D eigenvalue weighted by Gasteiger charge is 2.01. The maximum absolute atomic E-state index is 8.88. The van der Waals surface area contributed by atoms with E-state index in [9.17, 15) is 0 Å². The molecule has 0 spiro atoms. The molecule has 27 heteroatoms. The summed E-state index contributed by atoms with van der Waals surface area (Å²) < 4.78 is 26.6. The van der Waals surface area contributed by atoms with Gasteiger partial charge in [-0.2, -0.15) is 0 Å². The second-order valence-electron chi connectivity index (χ2n) is 6.32. The van der Waals surface area contributed by atoms with E-state index >= 15 is 0 Å². The molecule has 0 amide bonds. The molecule has 0 fully saturated rings. The number of nitrogens with two attached hydrogens (primary N) is 4. The molecule has 0 aromatic carbocycles. The number of phosphoric acid groups is 3. The summed E-state index contributed by atoms with van der Waals surface area (Å²) in [5.41, 5.74) is 21.3. The fourth-order valence-corrected chi connectivity index (χ4v) is 1.49. The third kappa shape index (κ3) is 298. The molecule has 0 unspecified atom stereocenters. The summed E-state index contributed by atoms with van der Waals surface area (Å²) in [5, 5.41) is 6.57. The summed E-state index contributed by atoms with van der Waals surface area (Å²) >= 11 is 0. The van der Waals surface area contributed by atoms with Crippen molar-refractivity contribution in [3.05, 3.63) is 0 Å².